The van der Waals surface area contributed by atoms with E-state index in [1.54, 1.807) is 7.11 Å². The number of ether oxygens (including phenoxy) is 1. The molecule has 0 heterocycles. The Balaban J connectivity index is 3.03. The lowest BCUT2D eigenvalue weighted by atomic mass is 10.1. The summed E-state index contributed by atoms with van der Waals surface area (Å²) in [7, 11) is 1.58. The van der Waals surface area contributed by atoms with Crippen molar-refractivity contribution < 1.29 is 14.9 Å². The molecule has 0 bridgehead atoms. The van der Waals surface area contributed by atoms with Crippen molar-refractivity contribution in [3.8, 4) is 11.5 Å². The quantitative estimate of drug-likeness (QED) is 0.704. The van der Waals surface area contributed by atoms with E-state index in [2.05, 4.69) is 0 Å². The molecule has 3 heteroatoms. The van der Waals surface area contributed by atoms with Crippen molar-refractivity contribution in [1.82, 2.24) is 0 Å². The molecular formula is C10H14O3. The normalized spacial score (nSPS) is 12.8. The zero-order valence-electron chi connectivity index (χ0n) is 7.82. The van der Waals surface area contributed by atoms with Crippen LogP contribution in [0.5, 0.6) is 11.5 Å². The summed E-state index contributed by atoms with van der Waals surface area (Å²) >= 11 is 0. The first kappa shape index (κ1) is 9.86. The van der Waals surface area contributed by atoms with Gasteiger partial charge in [0.25, 0.3) is 0 Å². The molecule has 1 aromatic carbocycles. The first-order valence-corrected chi connectivity index (χ1v) is 4.23. The minimum atomic E-state index is -0.160. The first-order chi connectivity index (χ1) is 6.19. The third-order valence-electron chi connectivity index (χ3n) is 2.01. The SMILES string of the molecule is CCC(OC)c1cc(O)ccc1O. The zero-order valence-corrected chi connectivity index (χ0v) is 7.82. The van der Waals surface area contributed by atoms with E-state index >= 15 is 0 Å². The van der Waals surface area contributed by atoms with Crippen LogP contribution in [-0.4, -0.2) is 17.3 Å². The van der Waals surface area contributed by atoms with Crippen LogP contribution in [0, 0.1) is 0 Å². The lowest BCUT2D eigenvalue weighted by molar-refractivity contribution is 0.0975. The Morgan fingerprint density at radius 1 is 1.38 bits per heavy atom. The number of phenols is 2. The number of hydrogen-bond donors (Lipinski definition) is 2. The van der Waals surface area contributed by atoms with Crippen LogP contribution >= 0.6 is 0 Å². The fraction of sp³-hybridized carbons (Fsp3) is 0.400. The minimum absolute atomic E-state index is 0.142. The van der Waals surface area contributed by atoms with Crippen LogP contribution in [0.1, 0.15) is 25.0 Å². The highest BCUT2D eigenvalue weighted by Crippen LogP contribution is 2.31. The molecule has 1 atom stereocenters. The fourth-order valence-electron chi connectivity index (χ4n) is 1.31. The van der Waals surface area contributed by atoms with Crippen molar-refractivity contribution in [3.05, 3.63) is 23.8 Å². The minimum Gasteiger partial charge on any atom is -0.508 e. The van der Waals surface area contributed by atoms with Crippen molar-refractivity contribution in [2.45, 2.75) is 19.4 Å². The molecule has 0 saturated heterocycles. The number of phenolic OH excluding ortho intramolecular Hbond substituents is 2. The van der Waals surface area contributed by atoms with E-state index in [-0.39, 0.29) is 17.6 Å². The molecular weight excluding hydrogens is 168 g/mol. The Morgan fingerprint density at radius 2 is 2.08 bits per heavy atom. The average molecular weight is 182 g/mol. The van der Waals surface area contributed by atoms with Crippen LogP contribution in [0.2, 0.25) is 0 Å². The van der Waals surface area contributed by atoms with Gasteiger partial charge >= 0.3 is 0 Å². The van der Waals surface area contributed by atoms with Crippen molar-refractivity contribution in [2.75, 3.05) is 7.11 Å². The molecule has 72 valence electrons. The fourth-order valence-corrected chi connectivity index (χ4v) is 1.31. The highest BCUT2D eigenvalue weighted by atomic mass is 16.5. The highest BCUT2D eigenvalue weighted by molar-refractivity contribution is 5.40. The Bertz CT molecular complexity index is 279. The number of hydrogen-bond acceptors (Lipinski definition) is 3. The van der Waals surface area contributed by atoms with E-state index in [4.69, 9.17) is 4.74 Å². The van der Waals surface area contributed by atoms with Crippen molar-refractivity contribution in [1.29, 1.82) is 0 Å². The largest absolute Gasteiger partial charge is 0.508 e. The zero-order chi connectivity index (χ0) is 9.84. The second-order valence-corrected chi connectivity index (χ2v) is 2.88. The molecule has 1 rings (SSSR count). The van der Waals surface area contributed by atoms with Gasteiger partial charge in [0, 0.05) is 12.7 Å². The summed E-state index contributed by atoms with van der Waals surface area (Å²) in [5, 5.41) is 18.7. The van der Waals surface area contributed by atoms with Crippen LogP contribution in [0.15, 0.2) is 18.2 Å². The predicted octanol–water partition coefficient (Wildman–Crippen LogP) is 2.20. The lowest BCUT2D eigenvalue weighted by Crippen LogP contribution is -1.99. The van der Waals surface area contributed by atoms with E-state index in [1.807, 2.05) is 6.92 Å². The molecule has 1 unspecified atom stereocenters. The summed E-state index contributed by atoms with van der Waals surface area (Å²) in [5.74, 6) is 0.301. The number of methoxy groups -OCH3 is 1. The molecule has 0 radical (unpaired) electrons. The summed E-state index contributed by atoms with van der Waals surface area (Å²) < 4.78 is 5.15. The number of rotatable bonds is 3. The molecule has 0 aromatic heterocycles. The van der Waals surface area contributed by atoms with Crippen molar-refractivity contribution >= 4 is 0 Å². The average Bonchev–Trinajstić information content (AvgIpc) is 2.13. The van der Waals surface area contributed by atoms with Crippen molar-refractivity contribution in [3.63, 3.8) is 0 Å². The third-order valence-corrected chi connectivity index (χ3v) is 2.01. The van der Waals surface area contributed by atoms with E-state index in [1.165, 1.54) is 18.2 Å². The van der Waals surface area contributed by atoms with Crippen molar-refractivity contribution in [2.24, 2.45) is 0 Å². The van der Waals surface area contributed by atoms with Gasteiger partial charge in [-0.15, -0.1) is 0 Å². The van der Waals surface area contributed by atoms with E-state index < -0.39 is 0 Å². The standard InChI is InChI=1S/C10H14O3/c1-3-10(13-2)8-6-7(11)4-5-9(8)12/h4-6,10-12H,3H2,1-2H3. The summed E-state index contributed by atoms with van der Waals surface area (Å²) in [6.07, 6.45) is 0.597. The van der Waals surface area contributed by atoms with Gasteiger partial charge in [-0.25, -0.2) is 0 Å². The summed E-state index contributed by atoms with van der Waals surface area (Å²) in [6.45, 7) is 1.96. The predicted molar refractivity (Wildman–Crippen MR) is 49.8 cm³/mol. The van der Waals surface area contributed by atoms with Gasteiger partial charge in [-0.1, -0.05) is 6.92 Å². The van der Waals surface area contributed by atoms with Gasteiger partial charge in [0.1, 0.15) is 11.5 Å². The molecule has 0 fully saturated rings. The van der Waals surface area contributed by atoms with Crippen LogP contribution in [-0.2, 0) is 4.74 Å². The Labute approximate surface area is 77.6 Å². The van der Waals surface area contributed by atoms with Gasteiger partial charge in [-0.3, -0.25) is 0 Å². The maximum Gasteiger partial charge on any atom is 0.121 e. The van der Waals surface area contributed by atoms with Gasteiger partial charge < -0.3 is 14.9 Å². The second-order valence-electron chi connectivity index (χ2n) is 2.88. The Kier molecular flexibility index (Phi) is 3.14. The van der Waals surface area contributed by atoms with E-state index in [0.29, 0.717) is 5.56 Å². The monoisotopic (exact) mass is 182 g/mol. The molecule has 0 amide bonds. The maximum atomic E-state index is 9.48. The number of aromatic hydroxyl groups is 2. The van der Waals surface area contributed by atoms with Crippen LogP contribution in [0.3, 0.4) is 0 Å². The van der Waals surface area contributed by atoms with E-state index in [9.17, 15) is 10.2 Å². The molecule has 0 aliphatic carbocycles. The Hall–Kier alpha value is -1.22. The van der Waals surface area contributed by atoms with Gasteiger partial charge in [-0.2, -0.15) is 0 Å². The van der Waals surface area contributed by atoms with Gasteiger partial charge in [0.2, 0.25) is 0 Å². The van der Waals surface area contributed by atoms with E-state index in [0.717, 1.165) is 6.42 Å². The lowest BCUT2D eigenvalue weighted by Gasteiger charge is -2.14. The Morgan fingerprint density at radius 3 is 2.62 bits per heavy atom. The van der Waals surface area contributed by atoms with Crippen LogP contribution in [0.4, 0.5) is 0 Å². The summed E-state index contributed by atoms with van der Waals surface area (Å²) in [4.78, 5) is 0. The molecule has 3 nitrogen and oxygen atoms in total. The molecule has 2 N–H and O–H groups in total. The summed E-state index contributed by atoms with van der Waals surface area (Å²) in [6, 6.07) is 4.43. The topological polar surface area (TPSA) is 49.7 Å². The molecule has 0 aliphatic heterocycles. The van der Waals surface area contributed by atoms with Gasteiger partial charge in [0.05, 0.1) is 6.10 Å². The molecule has 0 saturated carbocycles. The molecule has 0 spiro atoms. The molecule has 13 heavy (non-hydrogen) atoms. The highest BCUT2D eigenvalue weighted by Gasteiger charge is 2.12. The molecule has 0 aliphatic rings. The third kappa shape index (κ3) is 2.12. The van der Waals surface area contributed by atoms with Crippen LogP contribution < -0.4 is 0 Å². The smallest absolute Gasteiger partial charge is 0.121 e. The maximum absolute atomic E-state index is 9.48. The van der Waals surface area contributed by atoms with Gasteiger partial charge in [-0.05, 0) is 24.6 Å². The molecule has 1 aromatic rings. The van der Waals surface area contributed by atoms with Crippen LogP contribution in [0.25, 0.3) is 0 Å². The number of benzene rings is 1. The van der Waals surface area contributed by atoms with Gasteiger partial charge in [0.15, 0.2) is 0 Å². The first-order valence-electron chi connectivity index (χ1n) is 4.23. The summed E-state index contributed by atoms with van der Waals surface area (Å²) in [5.41, 5.74) is 0.630. The second kappa shape index (κ2) is 4.14.